The third-order valence-electron chi connectivity index (χ3n) is 4.65. The molecule has 0 amide bonds. The summed E-state index contributed by atoms with van der Waals surface area (Å²) in [5.41, 5.74) is 0.657. The van der Waals surface area contributed by atoms with Crippen molar-refractivity contribution in [3.63, 3.8) is 0 Å². The molecule has 0 spiro atoms. The van der Waals surface area contributed by atoms with Gasteiger partial charge in [-0.2, -0.15) is 0 Å². The van der Waals surface area contributed by atoms with Crippen molar-refractivity contribution in [3.8, 4) is 11.5 Å². The van der Waals surface area contributed by atoms with Gasteiger partial charge < -0.3 is 9.47 Å². The molecular weight excluding hydrogens is 444 g/mol. The van der Waals surface area contributed by atoms with E-state index < -0.39 is 14.9 Å². The van der Waals surface area contributed by atoms with Crippen LogP contribution in [0.1, 0.15) is 5.56 Å². The minimum atomic E-state index is -4.07. The van der Waals surface area contributed by atoms with Crippen molar-refractivity contribution in [1.82, 2.24) is 0 Å². The van der Waals surface area contributed by atoms with Gasteiger partial charge in [-0.1, -0.05) is 29.8 Å². The molecule has 1 aliphatic rings. The summed E-state index contributed by atoms with van der Waals surface area (Å²) in [5.74, 6) is 0.812. The van der Waals surface area contributed by atoms with Gasteiger partial charge in [0, 0.05) is 23.2 Å². The van der Waals surface area contributed by atoms with Crippen LogP contribution in [0.3, 0.4) is 0 Å². The molecule has 160 valence electrons. The van der Waals surface area contributed by atoms with Crippen LogP contribution in [0.25, 0.3) is 0 Å². The molecule has 0 saturated heterocycles. The number of nitro groups is 1. The van der Waals surface area contributed by atoms with Crippen LogP contribution in [-0.4, -0.2) is 26.6 Å². The van der Waals surface area contributed by atoms with Crippen LogP contribution in [-0.2, 0) is 16.6 Å². The van der Waals surface area contributed by atoms with Crippen LogP contribution in [0.2, 0.25) is 5.02 Å². The van der Waals surface area contributed by atoms with Crippen molar-refractivity contribution in [1.29, 1.82) is 0 Å². The Morgan fingerprint density at radius 3 is 2.45 bits per heavy atom. The summed E-state index contributed by atoms with van der Waals surface area (Å²) in [6, 6.07) is 16.6. The number of benzene rings is 3. The molecule has 0 saturated carbocycles. The molecule has 1 heterocycles. The Bertz CT molecular complexity index is 1250. The third-order valence-corrected chi connectivity index (χ3v) is 6.65. The molecule has 0 aromatic heterocycles. The first kappa shape index (κ1) is 21.0. The molecule has 4 rings (SSSR count). The molecule has 8 nitrogen and oxygen atoms in total. The monoisotopic (exact) mass is 460 g/mol. The zero-order valence-electron chi connectivity index (χ0n) is 16.1. The lowest BCUT2D eigenvalue weighted by atomic mass is 10.2. The fraction of sp³-hybridized carbons (Fsp3) is 0.143. The molecule has 0 radical (unpaired) electrons. The number of anilines is 1. The molecule has 0 aliphatic carbocycles. The fourth-order valence-corrected chi connectivity index (χ4v) is 4.84. The predicted octanol–water partition coefficient (Wildman–Crippen LogP) is 4.41. The maximum atomic E-state index is 13.6. The van der Waals surface area contributed by atoms with E-state index in [1.807, 2.05) is 0 Å². The Balaban J connectivity index is 1.78. The summed E-state index contributed by atoms with van der Waals surface area (Å²) in [6.07, 6.45) is 0. The predicted molar refractivity (Wildman–Crippen MR) is 115 cm³/mol. The van der Waals surface area contributed by atoms with Gasteiger partial charge in [0.25, 0.3) is 15.7 Å². The number of non-ortho nitro benzene ring substituents is 1. The van der Waals surface area contributed by atoms with Crippen molar-refractivity contribution >= 4 is 33.0 Å². The van der Waals surface area contributed by atoms with Crippen LogP contribution >= 0.6 is 11.6 Å². The van der Waals surface area contributed by atoms with Gasteiger partial charge in [0.1, 0.15) is 13.2 Å². The van der Waals surface area contributed by atoms with Crippen LogP contribution in [0.5, 0.6) is 11.5 Å². The number of nitrogens with zero attached hydrogens (tertiary/aromatic N) is 2. The molecule has 31 heavy (non-hydrogen) atoms. The maximum absolute atomic E-state index is 13.6. The number of rotatable bonds is 6. The van der Waals surface area contributed by atoms with Gasteiger partial charge in [-0.05, 0) is 35.9 Å². The van der Waals surface area contributed by atoms with Crippen LogP contribution in [0, 0.1) is 10.1 Å². The topological polar surface area (TPSA) is 99.0 Å². The average molecular weight is 461 g/mol. The summed E-state index contributed by atoms with van der Waals surface area (Å²) in [5, 5.41) is 11.5. The number of hydrogen-bond donors (Lipinski definition) is 0. The number of halogens is 1. The molecule has 3 aromatic carbocycles. The lowest BCUT2D eigenvalue weighted by molar-refractivity contribution is -0.384. The minimum Gasteiger partial charge on any atom is -0.486 e. The van der Waals surface area contributed by atoms with E-state index in [0.717, 1.165) is 4.31 Å². The highest BCUT2D eigenvalue weighted by Gasteiger charge is 2.28. The van der Waals surface area contributed by atoms with E-state index >= 15 is 0 Å². The molecule has 0 unspecified atom stereocenters. The van der Waals surface area contributed by atoms with E-state index in [1.165, 1.54) is 36.4 Å². The normalized spacial score (nSPS) is 12.9. The first-order valence-electron chi connectivity index (χ1n) is 9.26. The number of sulfonamides is 1. The van der Waals surface area contributed by atoms with Crippen molar-refractivity contribution in [2.75, 3.05) is 17.5 Å². The van der Waals surface area contributed by atoms with Crippen molar-refractivity contribution in [3.05, 3.63) is 87.4 Å². The molecule has 0 fully saturated rings. The Morgan fingerprint density at radius 1 is 0.968 bits per heavy atom. The number of ether oxygens (including phenoxy) is 2. The summed E-state index contributed by atoms with van der Waals surface area (Å²) >= 11 is 6.10. The zero-order chi connectivity index (χ0) is 22.0. The third kappa shape index (κ3) is 4.42. The van der Waals surface area contributed by atoms with Gasteiger partial charge in [-0.15, -0.1) is 0 Å². The zero-order valence-corrected chi connectivity index (χ0v) is 17.7. The molecule has 10 heteroatoms. The second-order valence-corrected chi connectivity index (χ2v) is 9.02. The summed E-state index contributed by atoms with van der Waals surface area (Å²) < 4.78 is 39.4. The van der Waals surface area contributed by atoms with E-state index in [0.29, 0.717) is 41.0 Å². The molecule has 0 atom stereocenters. The van der Waals surface area contributed by atoms with Crippen LogP contribution < -0.4 is 13.8 Å². The highest BCUT2D eigenvalue weighted by atomic mass is 35.5. The number of hydrogen-bond acceptors (Lipinski definition) is 6. The van der Waals surface area contributed by atoms with Crippen molar-refractivity contribution in [2.24, 2.45) is 0 Å². The SMILES string of the molecule is O=[N+]([O-])c1cccc(CN(c2cccc(Cl)c2)S(=O)(=O)c2ccc3c(c2)OCCO3)c1. The van der Waals surface area contributed by atoms with Gasteiger partial charge in [0.2, 0.25) is 0 Å². The van der Waals surface area contributed by atoms with Crippen LogP contribution in [0.15, 0.2) is 71.6 Å². The van der Waals surface area contributed by atoms with E-state index in [-0.39, 0.29) is 17.1 Å². The Kier molecular flexibility index (Phi) is 5.71. The second-order valence-electron chi connectivity index (χ2n) is 6.72. The van der Waals surface area contributed by atoms with E-state index in [4.69, 9.17) is 21.1 Å². The van der Waals surface area contributed by atoms with Gasteiger partial charge in [-0.25, -0.2) is 8.42 Å². The Labute approximate surface area is 183 Å². The molecular formula is C21H17ClN2O6S. The van der Waals surface area contributed by atoms with Crippen molar-refractivity contribution in [2.45, 2.75) is 11.4 Å². The summed E-state index contributed by atoms with van der Waals surface area (Å²) in [4.78, 5) is 10.6. The highest BCUT2D eigenvalue weighted by Crippen LogP contribution is 2.35. The molecule has 0 bridgehead atoms. The van der Waals surface area contributed by atoms with Crippen LogP contribution in [0.4, 0.5) is 11.4 Å². The lowest BCUT2D eigenvalue weighted by Crippen LogP contribution is -2.30. The largest absolute Gasteiger partial charge is 0.486 e. The first-order chi connectivity index (χ1) is 14.8. The second kappa shape index (κ2) is 8.44. The van der Waals surface area contributed by atoms with Gasteiger partial charge >= 0.3 is 0 Å². The number of nitro benzene ring substituents is 1. The molecule has 0 N–H and O–H groups in total. The highest BCUT2D eigenvalue weighted by molar-refractivity contribution is 7.92. The first-order valence-corrected chi connectivity index (χ1v) is 11.1. The van der Waals surface area contributed by atoms with E-state index in [2.05, 4.69) is 0 Å². The maximum Gasteiger partial charge on any atom is 0.269 e. The minimum absolute atomic E-state index is 0.00200. The number of fused-ring (bicyclic) bond motifs is 1. The Hall–Kier alpha value is -3.30. The standard InChI is InChI=1S/C21H17ClN2O6S/c22-16-4-2-5-17(12-16)23(14-15-3-1-6-18(11-15)24(25)26)31(27,28)19-7-8-20-21(13-19)30-10-9-29-20/h1-8,11-13H,9-10,14H2. The molecule has 1 aliphatic heterocycles. The van der Waals surface area contributed by atoms with Gasteiger partial charge in [0.05, 0.1) is 22.1 Å². The fourth-order valence-electron chi connectivity index (χ4n) is 3.19. The van der Waals surface area contributed by atoms with Gasteiger partial charge in [0.15, 0.2) is 11.5 Å². The average Bonchev–Trinajstić information content (AvgIpc) is 2.77. The van der Waals surface area contributed by atoms with Crippen molar-refractivity contribution < 1.29 is 22.8 Å². The Morgan fingerprint density at radius 2 is 1.71 bits per heavy atom. The summed E-state index contributed by atoms with van der Waals surface area (Å²) in [7, 11) is -4.07. The smallest absolute Gasteiger partial charge is 0.269 e. The van der Waals surface area contributed by atoms with Gasteiger partial charge in [-0.3, -0.25) is 14.4 Å². The quantitative estimate of drug-likeness (QED) is 0.399. The molecule has 3 aromatic rings. The van der Waals surface area contributed by atoms with E-state index in [1.54, 1.807) is 30.3 Å². The van der Waals surface area contributed by atoms with E-state index in [9.17, 15) is 18.5 Å². The summed E-state index contributed by atoms with van der Waals surface area (Å²) in [6.45, 7) is 0.585. The lowest BCUT2D eigenvalue weighted by Gasteiger charge is -2.26.